The highest BCUT2D eigenvalue weighted by atomic mass is 32.2. The second-order valence-corrected chi connectivity index (χ2v) is 5.23. The van der Waals surface area contributed by atoms with Gasteiger partial charge in [0.1, 0.15) is 5.82 Å². The average Bonchev–Trinajstić information content (AvgIpc) is 2.07. The van der Waals surface area contributed by atoms with Crippen LogP contribution < -0.4 is 5.73 Å². The van der Waals surface area contributed by atoms with Crippen LogP contribution >= 0.6 is 11.8 Å². The summed E-state index contributed by atoms with van der Waals surface area (Å²) in [5.74, 6) is 0.443. The van der Waals surface area contributed by atoms with E-state index in [1.807, 2.05) is 0 Å². The van der Waals surface area contributed by atoms with Crippen molar-refractivity contribution in [2.75, 3.05) is 11.5 Å². The molecule has 0 aliphatic rings. The Morgan fingerprint density at radius 3 is 2.67 bits per heavy atom. The van der Waals surface area contributed by atoms with Gasteiger partial charge in [-0.2, -0.15) is 0 Å². The molecule has 0 radical (unpaired) electrons. The van der Waals surface area contributed by atoms with Crippen LogP contribution in [0.1, 0.15) is 20.3 Å². The molecule has 1 aromatic rings. The van der Waals surface area contributed by atoms with E-state index in [1.165, 1.54) is 23.9 Å². The molecule has 0 amide bonds. The number of nitrogens with two attached hydrogens (primary N) is 1. The number of hydrogen-bond acceptors (Lipinski definition) is 3. The zero-order valence-corrected chi connectivity index (χ0v) is 9.77. The molecule has 1 aromatic carbocycles. The molecular formula is C11H16FNOS. The lowest BCUT2D eigenvalue weighted by atomic mass is 10.1. The van der Waals surface area contributed by atoms with Crippen LogP contribution in [-0.4, -0.2) is 16.5 Å². The molecule has 3 N–H and O–H groups in total. The third kappa shape index (κ3) is 4.53. The van der Waals surface area contributed by atoms with Crippen LogP contribution in [-0.2, 0) is 0 Å². The Bertz CT molecular complexity index is 336. The normalized spacial score (nSPS) is 11.7. The number of anilines is 1. The van der Waals surface area contributed by atoms with Crippen LogP contribution in [0.15, 0.2) is 23.1 Å². The highest BCUT2D eigenvalue weighted by Crippen LogP contribution is 2.27. The van der Waals surface area contributed by atoms with E-state index in [0.717, 1.165) is 10.6 Å². The van der Waals surface area contributed by atoms with E-state index < -0.39 is 5.60 Å². The molecule has 0 aliphatic heterocycles. The van der Waals surface area contributed by atoms with Gasteiger partial charge in [-0.25, -0.2) is 4.39 Å². The number of halogens is 1. The fourth-order valence-electron chi connectivity index (χ4n) is 1.06. The number of aliphatic hydroxyl groups is 1. The lowest BCUT2D eigenvalue weighted by molar-refractivity contribution is 0.0778. The van der Waals surface area contributed by atoms with E-state index in [-0.39, 0.29) is 5.82 Å². The summed E-state index contributed by atoms with van der Waals surface area (Å²) < 4.78 is 12.7. The molecule has 84 valence electrons. The number of hydrogen-bond donors (Lipinski definition) is 2. The smallest absolute Gasteiger partial charge is 0.125 e. The summed E-state index contributed by atoms with van der Waals surface area (Å²) in [7, 11) is 0. The zero-order chi connectivity index (χ0) is 11.5. The first-order valence-electron chi connectivity index (χ1n) is 4.79. The first kappa shape index (κ1) is 12.3. The first-order chi connectivity index (χ1) is 6.88. The summed E-state index contributed by atoms with van der Waals surface area (Å²) in [5, 5.41) is 9.50. The van der Waals surface area contributed by atoms with Crippen molar-refractivity contribution in [3.8, 4) is 0 Å². The topological polar surface area (TPSA) is 46.2 Å². The first-order valence-corrected chi connectivity index (χ1v) is 5.77. The summed E-state index contributed by atoms with van der Waals surface area (Å²) in [6.45, 7) is 3.53. The minimum Gasteiger partial charge on any atom is -0.398 e. The molecule has 1 rings (SSSR count). The molecule has 0 atom stereocenters. The fraction of sp³-hybridized carbons (Fsp3) is 0.455. The highest BCUT2D eigenvalue weighted by Gasteiger charge is 2.12. The van der Waals surface area contributed by atoms with Crippen LogP contribution in [0.2, 0.25) is 0 Å². The summed E-state index contributed by atoms with van der Waals surface area (Å²) in [4.78, 5) is 0.862. The Morgan fingerprint density at radius 2 is 2.13 bits per heavy atom. The van der Waals surface area contributed by atoms with E-state index in [2.05, 4.69) is 0 Å². The van der Waals surface area contributed by atoms with Gasteiger partial charge in [0.25, 0.3) is 0 Å². The average molecular weight is 229 g/mol. The Hall–Kier alpha value is -0.740. The van der Waals surface area contributed by atoms with Crippen LogP contribution in [0.5, 0.6) is 0 Å². The van der Waals surface area contributed by atoms with E-state index in [1.54, 1.807) is 19.9 Å². The van der Waals surface area contributed by atoms with Gasteiger partial charge in [0.05, 0.1) is 5.60 Å². The largest absolute Gasteiger partial charge is 0.398 e. The van der Waals surface area contributed by atoms with Gasteiger partial charge in [-0.1, -0.05) is 0 Å². The van der Waals surface area contributed by atoms with Crippen molar-refractivity contribution in [2.24, 2.45) is 0 Å². The summed E-state index contributed by atoms with van der Waals surface area (Å²) >= 11 is 1.53. The second-order valence-electron chi connectivity index (χ2n) is 4.09. The molecule has 0 heterocycles. The summed E-state index contributed by atoms with van der Waals surface area (Å²) in [6.07, 6.45) is 0.675. The number of nitrogen functional groups attached to an aromatic ring is 1. The summed E-state index contributed by atoms with van der Waals surface area (Å²) in [5.41, 5.74) is 5.44. The molecule has 0 aromatic heterocycles. The third-order valence-corrected chi connectivity index (χ3v) is 3.03. The molecule has 2 nitrogen and oxygen atoms in total. The zero-order valence-electron chi connectivity index (χ0n) is 8.96. The predicted molar refractivity (Wildman–Crippen MR) is 62.5 cm³/mol. The Kier molecular flexibility index (Phi) is 3.99. The van der Waals surface area contributed by atoms with Crippen LogP contribution in [0.4, 0.5) is 10.1 Å². The molecule has 0 fully saturated rings. The Labute approximate surface area is 93.7 Å². The Morgan fingerprint density at radius 1 is 1.47 bits per heavy atom. The highest BCUT2D eigenvalue weighted by molar-refractivity contribution is 7.99. The van der Waals surface area contributed by atoms with Crippen LogP contribution in [0.25, 0.3) is 0 Å². The van der Waals surface area contributed by atoms with E-state index in [9.17, 15) is 9.50 Å². The van der Waals surface area contributed by atoms with E-state index in [0.29, 0.717) is 12.1 Å². The van der Waals surface area contributed by atoms with Gasteiger partial charge >= 0.3 is 0 Å². The van der Waals surface area contributed by atoms with Crippen molar-refractivity contribution in [1.82, 2.24) is 0 Å². The van der Waals surface area contributed by atoms with Crippen molar-refractivity contribution >= 4 is 17.4 Å². The van der Waals surface area contributed by atoms with Gasteiger partial charge in [0.15, 0.2) is 0 Å². The molecule has 0 unspecified atom stereocenters. The van der Waals surface area contributed by atoms with Crippen LogP contribution in [0, 0.1) is 5.82 Å². The van der Waals surface area contributed by atoms with Crippen molar-refractivity contribution in [3.05, 3.63) is 24.0 Å². The van der Waals surface area contributed by atoms with Gasteiger partial charge in [0.2, 0.25) is 0 Å². The van der Waals surface area contributed by atoms with Gasteiger partial charge in [0, 0.05) is 16.3 Å². The van der Waals surface area contributed by atoms with E-state index >= 15 is 0 Å². The number of rotatable bonds is 4. The predicted octanol–water partition coefficient (Wildman–Crippen LogP) is 2.66. The number of thioether (sulfide) groups is 1. The van der Waals surface area contributed by atoms with Gasteiger partial charge in [-0.3, -0.25) is 0 Å². The maximum atomic E-state index is 12.7. The van der Waals surface area contributed by atoms with Crippen molar-refractivity contribution < 1.29 is 9.50 Å². The Balaban J connectivity index is 2.51. The standard InChI is InChI=1S/C11H16FNOS/c1-11(2,14)5-6-15-10-4-3-8(12)7-9(10)13/h3-4,7,14H,5-6,13H2,1-2H3. The van der Waals surface area contributed by atoms with Crippen molar-refractivity contribution in [2.45, 2.75) is 30.8 Å². The molecule has 15 heavy (non-hydrogen) atoms. The molecule has 0 aliphatic carbocycles. The quantitative estimate of drug-likeness (QED) is 0.616. The maximum absolute atomic E-state index is 12.7. The molecule has 0 saturated carbocycles. The van der Waals surface area contributed by atoms with Crippen LogP contribution in [0.3, 0.4) is 0 Å². The third-order valence-electron chi connectivity index (χ3n) is 1.94. The molecule has 0 saturated heterocycles. The maximum Gasteiger partial charge on any atom is 0.125 e. The molecule has 0 spiro atoms. The van der Waals surface area contributed by atoms with Crippen molar-refractivity contribution in [1.29, 1.82) is 0 Å². The fourth-order valence-corrected chi connectivity index (χ4v) is 2.27. The van der Waals surface area contributed by atoms with Gasteiger partial charge in [-0.15, -0.1) is 11.8 Å². The minimum atomic E-state index is -0.665. The number of benzene rings is 1. The minimum absolute atomic E-state index is 0.320. The van der Waals surface area contributed by atoms with E-state index in [4.69, 9.17) is 5.73 Å². The monoisotopic (exact) mass is 229 g/mol. The lowest BCUT2D eigenvalue weighted by Crippen LogP contribution is -2.19. The van der Waals surface area contributed by atoms with Gasteiger partial charge < -0.3 is 10.8 Å². The van der Waals surface area contributed by atoms with Crippen molar-refractivity contribution in [3.63, 3.8) is 0 Å². The molecular weight excluding hydrogens is 213 g/mol. The lowest BCUT2D eigenvalue weighted by Gasteiger charge is -2.16. The second kappa shape index (κ2) is 4.86. The van der Waals surface area contributed by atoms with Gasteiger partial charge in [-0.05, 0) is 38.5 Å². The summed E-state index contributed by atoms with van der Waals surface area (Å²) in [6, 6.07) is 4.37. The molecule has 4 heteroatoms. The SMILES string of the molecule is CC(C)(O)CCSc1ccc(F)cc1N. The molecule has 0 bridgehead atoms.